The van der Waals surface area contributed by atoms with Gasteiger partial charge in [-0.2, -0.15) is 5.10 Å². The molecule has 0 bridgehead atoms. The molecule has 0 saturated carbocycles. The molecule has 0 aliphatic rings. The van der Waals surface area contributed by atoms with E-state index in [1.807, 2.05) is 12.1 Å². The van der Waals surface area contributed by atoms with Gasteiger partial charge >= 0.3 is 5.69 Å². The summed E-state index contributed by atoms with van der Waals surface area (Å²) in [4.78, 5) is 23.3. The smallest absolute Gasteiger partial charge is 0.312 e. The Kier molecular flexibility index (Phi) is 6.53. The predicted octanol–water partition coefficient (Wildman–Crippen LogP) is 4.35. The van der Waals surface area contributed by atoms with Gasteiger partial charge in [0.25, 0.3) is 5.91 Å². The van der Waals surface area contributed by atoms with Gasteiger partial charge in [0.05, 0.1) is 11.5 Å². The van der Waals surface area contributed by atoms with E-state index >= 15 is 0 Å². The van der Waals surface area contributed by atoms with Gasteiger partial charge in [-0.25, -0.2) is 0 Å². The van der Waals surface area contributed by atoms with E-state index < -0.39 is 4.92 Å². The van der Waals surface area contributed by atoms with Gasteiger partial charge < -0.3 is 5.32 Å². The summed E-state index contributed by atoms with van der Waals surface area (Å²) in [6.45, 7) is 10.6. The van der Waals surface area contributed by atoms with Crippen molar-refractivity contribution in [3.05, 3.63) is 91.3 Å². The topological polar surface area (TPSA) is 90.1 Å². The van der Waals surface area contributed by atoms with E-state index in [0.717, 1.165) is 12.0 Å². The SMILES string of the molecule is Cc1cc(C)c(CCNC(=O)c2ccc(Cn3nc(C)c([N+](=O)[O-])c3C)cc2)c(C)c1. The van der Waals surface area contributed by atoms with Gasteiger partial charge in [0.2, 0.25) is 0 Å². The van der Waals surface area contributed by atoms with Gasteiger partial charge in [-0.05, 0) is 75.4 Å². The fourth-order valence-electron chi connectivity index (χ4n) is 4.05. The minimum absolute atomic E-state index is 0.0510. The molecule has 1 amide bonds. The third-order valence-electron chi connectivity index (χ3n) is 5.58. The number of aromatic nitrogens is 2. The quantitative estimate of drug-likeness (QED) is 0.454. The van der Waals surface area contributed by atoms with E-state index in [9.17, 15) is 14.9 Å². The maximum atomic E-state index is 12.5. The average molecular weight is 421 g/mol. The Balaban J connectivity index is 1.61. The summed E-state index contributed by atoms with van der Waals surface area (Å²) in [7, 11) is 0. The molecule has 0 fully saturated rings. The molecule has 0 saturated heterocycles. The Morgan fingerprint density at radius 3 is 2.23 bits per heavy atom. The maximum Gasteiger partial charge on any atom is 0.312 e. The van der Waals surface area contributed by atoms with Crippen molar-refractivity contribution >= 4 is 11.6 Å². The molecule has 2 aromatic carbocycles. The molecule has 1 heterocycles. The zero-order chi connectivity index (χ0) is 22.7. The third-order valence-corrected chi connectivity index (χ3v) is 5.58. The number of carbonyl (C=O) groups is 1. The Bertz CT molecular complexity index is 1110. The Morgan fingerprint density at radius 1 is 1.06 bits per heavy atom. The zero-order valence-electron chi connectivity index (χ0n) is 18.7. The third kappa shape index (κ3) is 4.99. The lowest BCUT2D eigenvalue weighted by atomic mass is 9.97. The lowest BCUT2D eigenvalue weighted by Gasteiger charge is -2.12. The van der Waals surface area contributed by atoms with Crippen LogP contribution in [0, 0.1) is 44.7 Å². The number of benzene rings is 2. The largest absolute Gasteiger partial charge is 0.352 e. The number of nitrogens with zero attached hydrogens (tertiary/aromatic N) is 3. The number of nitro groups is 1. The van der Waals surface area contributed by atoms with Crippen molar-refractivity contribution in [2.24, 2.45) is 0 Å². The summed E-state index contributed by atoms with van der Waals surface area (Å²) in [5.41, 5.74) is 7.50. The highest BCUT2D eigenvalue weighted by Gasteiger charge is 2.21. The van der Waals surface area contributed by atoms with Crippen LogP contribution in [0.3, 0.4) is 0 Å². The minimum Gasteiger partial charge on any atom is -0.352 e. The standard InChI is InChI=1S/C24H28N4O3/c1-15-12-16(2)22(17(3)13-15)10-11-25-24(29)21-8-6-20(7-9-21)14-27-19(5)23(28(30)31)18(4)26-27/h6-9,12-13H,10-11,14H2,1-5H3,(H,25,29). The summed E-state index contributed by atoms with van der Waals surface area (Å²) < 4.78 is 1.62. The molecular formula is C24H28N4O3. The summed E-state index contributed by atoms with van der Waals surface area (Å²) >= 11 is 0. The van der Waals surface area contributed by atoms with E-state index in [2.05, 4.69) is 43.3 Å². The highest BCUT2D eigenvalue weighted by molar-refractivity contribution is 5.94. The molecule has 0 atom stereocenters. The van der Waals surface area contributed by atoms with E-state index in [1.165, 1.54) is 22.3 Å². The molecule has 3 rings (SSSR count). The maximum absolute atomic E-state index is 12.5. The fourth-order valence-corrected chi connectivity index (χ4v) is 4.05. The van der Waals surface area contributed by atoms with Crippen LogP contribution in [0.1, 0.15) is 49.6 Å². The van der Waals surface area contributed by atoms with Gasteiger partial charge in [0.1, 0.15) is 11.4 Å². The second-order valence-corrected chi connectivity index (χ2v) is 8.01. The van der Waals surface area contributed by atoms with Gasteiger partial charge in [-0.15, -0.1) is 0 Å². The van der Waals surface area contributed by atoms with Crippen molar-refractivity contribution in [2.45, 2.75) is 47.6 Å². The van der Waals surface area contributed by atoms with Crippen molar-refractivity contribution in [1.82, 2.24) is 15.1 Å². The summed E-state index contributed by atoms with van der Waals surface area (Å²) in [5, 5.41) is 18.4. The number of hydrogen-bond acceptors (Lipinski definition) is 4. The molecule has 31 heavy (non-hydrogen) atoms. The molecule has 1 N–H and O–H groups in total. The fraction of sp³-hybridized carbons (Fsp3) is 0.333. The van der Waals surface area contributed by atoms with Gasteiger partial charge in [0.15, 0.2) is 0 Å². The number of rotatable bonds is 7. The van der Waals surface area contributed by atoms with Crippen LogP contribution in [0.2, 0.25) is 0 Å². The second-order valence-electron chi connectivity index (χ2n) is 8.01. The first-order valence-corrected chi connectivity index (χ1v) is 10.3. The van der Waals surface area contributed by atoms with Crippen LogP contribution < -0.4 is 5.32 Å². The van der Waals surface area contributed by atoms with E-state index in [4.69, 9.17) is 0 Å². The Morgan fingerprint density at radius 2 is 1.68 bits per heavy atom. The zero-order valence-corrected chi connectivity index (χ0v) is 18.7. The summed E-state index contributed by atoms with van der Waals surface area (Å²) in [5.74, 6) is -0.115. The van der Waals surface area contributed by atoms with Crippen LogP contribution in [-0.4, -0.2) is 27.2 Å². The van der Waals surface area contributed by atoms with Gasteiger partial charge in [-0.1, -0.05) is 29.8 Å². The van der Waals surface area contributed by atoms with Crippen molar-refractivity contribution < 1.29 is 9.72 Å². The molecule has 162 valence electrons. The number of amides is 1. The highest BCUT2D eigenvalue weighted by Crippen LogP contribution is 2.22. The monoisotopic (exact) mass is 420 g/mol. The van der Waals surface area contributed by atoms with Crippen LogP contribution in [0.4, 0.5) is 5.69 Å². The summed E-state index contributed by atoms with van der Waals surface area (Å²) in [6.07, 6.45) is 0.790. The number of nitrogens with one attached hydrogen (secondary N) is 1. The van der Waals surface area contributed by atoms with Crippen molar-refractivity contribution in [3.63, 3.8) is 0 Å². The van der Waals surface area contributed by atoms with E-state index in [-0.39, 0.29) is 11.6 Å². The molecule has 7 heteroatoms. The Labute approximate surface area is 182 Å². The Hall–Kier alpha value is -3.48. The van der Waals surface area contributed by atoms with E-state index in [1.54, 1.807) is 30.7 Å². The van der Waals surface area contributed by atoms with E-state index in [0.29, 0.717) is 30.0 Å². The van der Waals surface area contributed by atoms with Gasteiger partial charge in [0, 0.05) is 12.1 Å². The summed E-state index contributed by atoms with van der Waals surface area (Å²) in [6, 6.07) is 11.6. The molecule has 0 aliphatic heterocycles. The first-order valence-electron chi connectivity index (χ1n) is 10.3. The molecule has 3 aromatic rings. The molecule has 0 unspecified atom stereocenters. The molecule has 0 radical (unpaired) electrons. The molecule has 0 spiro atoms. The lowest BCUT2D eigenvalue weighted by Crippen LogP contribution is -2.26. The molecule has 1 aromatic heterocycles. The predicted molar refractivity (Wildman–Crippen MR) is 121 cm³/mol. The van der Waals surface area contributed by atoms with Crippen LogP contribution in [0.15, 0.2) is 36.4 Å². The minimum atomic E-state index is -0.402. The van der Waals surface area contributed by atoms with Crippen molar-refractivity contribution in [2.75, 3.05) is 6.54 Å². The van der Waals surface area contributed by atoms with Crippen LogP contribution >= 0.6 is 0 Å². The van der Waals surface area contributed by atoms with Crippen molar-refractivity contribution in [3.8, 4) is 0 Å². The van der Waals surface area contributed by atoms with Gasteiger partial charge in [-0.3, -0.25) is 19.6 Å². The number of aryl methyl sites for hydroxylation is 4. The molecule has 0 aliphatic carbocycles. The first kappa shape index (κ1) is 22.2. The lowest BCUT2D eigenvalue weighted by molar-refractivity contribution is -0.386. The van der Waals surface area contributed by atoms with Crippen LogP contribution in [0.25, 0.3) is 0 Å². The highest BCUT2D eigenvalue weighted by atomic mass is 16.6. The first-order chi connectivity index (χ1) is 14.7. The molecular weight excluding hydrogens is 392 g/mol. The average Bonchev–Trinajstić information content (AvgIpc) is 2.97. The number of carbonyl (C=O) groups excluding carboxylic acids is 1. The normalized spacial score (nSPS) is 10.9. The molecule has 7 nitrogen and oxygen atoms in total. The second kappa shape index (κ2) is 9.12. The van der Waals surface area contributed by atoms with Crippen LogP contribution in [-0.2, 0) is 13.0 Å². The number of hydrogen-bond donors (Lipinski definition) is 1. The van der Waals surface area contributed by atoms with Crippen LogP contribution in [0.5, 0.6) is 0 Å². The van der Waals surface area contributed by atoms with Crippen molar-refractivity contribution in [1.29, 1.82) is 0 Å².